The lowest BCUT2D eigenvalue weighted by atomic mass is 10.1. The van der Waals surface area contributed by atoms with Gasteiger partial charge in [0.25, 0.3) is 0 Å². The molecular formula is C13H6Cl4N2. The van der Waals surface area contributed by atoms with E-state index in [0.717, 1.165) is 5.56 Å². The van der Waals surface area contributed by atoms with E-state index in [4.69, 9.17) is 51.7 Å². The Morgan fingerprint density at radius 2 is 1.68 bits per heavy atom. The molecule has 0 aliphatic heterocycles. The number of pyridine rings is 1. The van der Waals surface area contributed by atoms with Crippen molar-refractivity contribution in [1.82, 2.24) is 4.98 Å². The Balaban J connectivity index is 2.51. The maximum Gasteiger partial charge on any atom is 0.137 e. The van der Waals surface area contributed by atoms with E-state index in [1.165, 1.54) is 0 Å². The molecule has 0 N–H and O–H groups in total. The highest BCUT2D eigenvalue weighted by Gasteiger charge is 2.11. The minimum Gasteiger partial charge on any atom is -0.239 e. The van der Waals surface area contributed by atoms with Gasteiger partial charge in [-0.25, -0.2) is 4.98 Å². The van der Waals surface area contributed by atoms with E-state index in [1.54, 1.807) is 24.3 Å². The second kappa shape index (κ2) is 5.98. The van der Waals surface area contributed by atoms with Crippen molar-refractivity contribution in [3.63, 3.8) is 0 Å². The van der Waals surface area contributed by atoms with Gasteiger partial charge in [0.15, 0.2) is 0 Å². The van der Waals surface area contributed by atoms with Crippen molar-refractivity contribution < 1.29 is 0 Å². The second-order valence-electron chi connectivity index (χ2n) is 3.73. The lowest BCUT2D eigenvalue weighted by Gasteiger charge is -2.08. The summed E-state index contributed by atoms with van der Waals surface area (Å²) in [5.74, 6) is 0. The Morgan fingerprint density at radius 3 is 2.21 bits per heavy atom. The van der Waals surface area contributed by atoms with Crippen molar-refractivity contribution in [2.75, 3.05) is 0 Å². The van der Waals surface area contributed by atoms with Crippen LogP contribution in [0.4, 0.5) is 0 Å². The van der Waals surface area contributed by atoms with Gasteiger partial charge in [0, 0.05) is 5.56 Å². The lowest BCUT2D eigenvalue weighted by molar-refractivity contribution is 1.12. The summed E-state index contributed by atoms with van der Waals surface area (Å²) >= 11 is 24.0. The SMILES string of the molecule is N#CCc1ccc(-c2cc(Cl)c(Cl)c(Cl)c2)c(Cl)n1. The zero-order valence-corrected chi connectivity index (χ0v) is 12.4. The lowest BCUT2D eigenvalue weighted by Crippen LogP contribution is -1.91. The van der Waals surface area contributed by atoms with Crippen LogP contribution >= 0.6 is 46.4 Å². The highest BCUT2D eigenvalue weighted by molar-refractivity contribution is 6.48. The summed E-state index contributed by atoms with van der Waals surface area (Å²) in [6, 6.07) is 8.87. The molecule has 0 saturated carbocycles. The second-order valence-corrected chi connectivity index (χ2v) is 5.28. The van der Waals surface area contributed by atoms with Gasteiger partial charge < -0.3 is 0 Å². The molecule has 2 nitrogen and oxygen atoms in total. The summed E-state index contributed by atoms with van der Waals surface area (Å²) in [5.41, 5.74) is 2.02. The van der Waals surface area contributed by atoms with Gasteiger partial charge in [-0.2, -0.15) is 5.26 Å². The van der Waals surface area contributed by atoms with Gasteiger partial charge in [-0.1, -0.05) is 46.4 Å². The van der Waals surface area contributed by atoms with E-state index in [0.29, 0.717) is 31.5 Å². The number of benzene rings is 1. The molecular weight excluding hydrogens is 326 g/mol. The zero-order chi connectivity index (χ0) is 14.0. The van der Waals surface area contributed by atoms with E-state index in [9.17, 15) is 0 Å². The Kier molecular flexibility index (Phi) is 4.54. The van der Waals surface area contributed by atoms with Crippen molar-refractivity contribution in [2.45, 2.75) is 6.42 Å². The van der Waals surface area contributed by atoms with Crippen molar-refractivity contribution in [1.29, 1.82) is 5.26 Å². The van der Waals surface area contributed by atoms with Crippen LogP contribution in [0.2, 0.25) is 20.2 Å². The molecule has 1 heterocycles. The van der Waals surface area contributed by atoms with Crippen LogP contribution in [0, 0.1) is 11.3 Å². The Labute approximate surface area is 130 Å². The van der Waals surface area contributed by atoms with E-state index in [2.05, 4.69) is 4.98 Å². The van der Waals surface area contributed by atoms with Gasteiger partial charge in [-0.15, -0.1) is 0 Å². The van der Waals surface area contributed by atoms with E-state index in [-0.39, 0.29) is 6.42 Å². The molecule has 0 atom stereocenters. The number of hydrogen-bond donors (Lipinski definition) is 0. The van der Waals surface area contributed by atoms with Gasteiger partial charge in [-0.3, -0.25) is 0 Å². The number of hydrogen-bond acceptors (Lipinski definition) is 2. The third kappa shape index (κ3) is 3.13. The Hall–Kier alpha value is -0.980. The van der Waals surface area contributed by atoms with Crippen LogP contribution in [0.15, 0.2) is 24.3 Å². The summed E-state index contributed by atoms with van der Waals surface area (Å²) < 4.78 is 0. The van der Waals surface area contributed by atoms with Gasteiger partial charge in [0.05, 0.1) is 33.3 Å². The van der Waals surface area contributed by atoms with E-state index < -0.39 is 0 Å². The number of nitriles is 1. The van der Waals surface area contributed by atoms with Crippen LogP contribution in [-0.4, -0.2) is 4.98 Å². The topological polar surface area (TPSA) is 36.7 Å². The molecule has 0 radical (unpaired) electrons. The van der Waals surface area contributed by atoms with Gasteiger partial charge in [0.2, 0.25) is 0 Å². The van der Waals surface area contributed by atoms with Gasteiger partial charge in [0.1, 0.15) is 5.15 Å². The smallest absolute Gasteiger partial charge is 0.137 e. The molecule has 0 amide bonds. The summed E-state index contributed by atoms with van der Waals surface area (Å²) in [5, 5.41) is 9.91. The van der Waals surface area contributed by atoms with Crippen LogP contribution in [0.5, 0.6) is 0 Å². The molecule has 0 fully saturated rings. The first-order chi connectivity index (χ1) is 9.02. The predicted octanol–water partition coefficient (Wildman–Crippen LogP) is 5.43. The highest BCUT2D eigenvalue weighted by Crippen LogP contribution is 2.36. The largest absolute Gasteiger partial charge is 0.239 e. The maximum atomic E-state index is 8.62. The van der Waals surface area contributed by atoms with Crippen LogP contribution in [0.25, 0.3) is 11.1 Å². The first-order valence-electron chi connectivity index (χ1n) is 5.20. The van der Waals surface area contributed by atoms with E-state index in [1.807, 2.05) is 6.07 Å². The van der Waals surface area contributed by atoms with Crippen molar-refractivity contribution >= 4 is 46.4 Å². The molecule has 0 unspecified atom stereocenters. The molecule has 0 bridgehead atoms. The van der Waals surface area contributed by atoms with Crippen molar-refractivity contribution in [3.05, 3.63) is 50.2 Å². The fraction of sp³-hybridized carbons (Fsp3) is 0.0769. The van der Waals surface area contributed by atoms with Crippen LogP contribution < -0.4 is 0 Å². The number of halogens is 4. The summed E-state index contributed by atoms with van der Waals surface area (Å²) in [7, 11) is 0. The fourth-order valence-electron chi connectivity index (χ4n) is 1.58. The molecule has 1 aromatic heterocycles. The average molecular weight is 332 g/mol. The molecule has 0 aliphatic carbocycles. The van der Waals surface area contributed by atoms with Crippen LogP contribution in [-0.2, 0) is 6.42 Å². The first-order valence-corrected chi connectivity index (χ1v) is 6.71. The first kappa shape index (κ1) is 14.4. The third-order valence-electron chi connectivity index (χ3n) is 2.46. The summed E-state index contributed by atoms with van der Waals surface area (Å²) in [6.07, 6.45) is 0.210. The quantitative estimate of drug-likeness (QED) is 0.543. The minimum absolute atomic E-state index is 0.210. The zero-order valence-electron chi connectivity index (χ0n) is 9.42. The number of aromatic nitrogens is 1. The molecule has 2 rings (SSSR count). The molecule has 6 heteroatoms. The summed E-state index contributed by atoms with van der Waals surface area (Å²) in [4.78, 5) is 4.14. The predicted molar refractivity (Wildman–Crippen MR) is 79.0 cm³/mol. The molecule has 0 spiro atoms. The fourth-order valence-corrected chi connectivity index (χ4v) is 2.45. The third-order valence-corrected chi connectivity index (χ3v) is 3.95. The van der Waals surface area contributed by atoms with Gasteiger partial charge in [-0.05, 0) is 29.8 Å². The number of rotatable bonds is 2. The van der Waals surface area contributed by atoms with Crippen LogP contribution in [0.1, 0.15) is 5.69 Å². The monoisotopic (exact) mass is 330 g/mol. The highest BCUT2D eigenvalue weighted by atomic mass is 35.5. The molecule has 1 aromatic carbocycles. The minimum atomic E-state index is 0.210. The molecule has 96 valence electrons. The molecule has 0 aliphatic rings. The maximum absolute atomic E-state index is 8.62. The normalized spacial score (nSPS) is 10.3. The molecule has 0 saturated heterocycles. The van der Waals surface area contributed by atoms with E-state index >= 15 is 0 Å². The molecule has 2 aromatic rings. The van der Waals surface area contributed by atoms with Crippen LogP contribution in [0.3, 0.4) is 0 Å². The summed E-state index contributed by atoms with van der Waals surface area (Å²) in [6.45, 7) is 0. The van der Waals surface area contributed by atoms with Crippen molar-refractivity contribution in [3.8, 4) is 17.2 Å². The van der Waals surface area contributed by atoms with Gasteiger partial charge >= 0.3 is 0 Å². The Morgan fingerprint density at radius 1 is 1.05 bits per heavy atom. The Bertz CT molecular complexity index is 654. The standard InChI is InChI=1S/C13H6Cl4N2/c14-10-5-7(6-11(15)12(10)16)9-2-1-8(3-4-18)19-13(9)17/h1-2,5-6H,3H2. The number of nitrogens with zero attached hydrogens (tertiary/aromatic N) is 2. The molecule has 19 heavy (non-hydrogen) atoms. The average Bonchev–Trinajstić information content (AvgIpc) is 2.36. The van der Waals surface area contributed by atoms with Crippen molar-refractivity contribution in [2.24, 2.45) is 0 Å².